The molecule has 0 spiro atoms. The summed E-state index contributed by atoms with van der Waals surface area (Å²) in [7, 11) is 1.62. The van der Waals surface area contributed by atoms with E-state index in [0.29, 0.717) is 6.42 Å². The summed E-state index contributed by atoms with van der Waals surface area (Å²) in [5, 5.41) is 9.33. The van der Waals surface area contributed by atoms with Crippen LogP contribution >= 0.6 is 0 Å². The molecule has 1 aliphatic rings. The maximum Gasteiger partial charge on any atom is 0.321 e. The number of ether oxygens (including phenoxy) is 1. The van der Waals surface area contributed by atoms with Gasteiger partial charge in [-0.05, 0) is 50.0 Å². The summed E-state index contributed by atoms with van der Waals surface area (Å²) >= 11 is 0. The predicted molar refractivity (Wildman–Crippen MR) is 68.9 cm³/mol. The topological polar surface area (TPSA) is 49.8 Å². The lowest BCUT2D eigenvalue weighted by atomic mass is 10.0. The summed E-state index contributed by atoms with van der Waals surface area (Å²) in [6.45, 7) is 1.79. The molecular weight excluding hydrogens is 230 g/mol. The Morgan fingerprint density at radius 2 is 1.94 bits per heavy atom. The average molecular weight is 249 g/mol. The first kappa shape index (κ1) is 12.9. The van der Waals surface area contributed by atoms with Gasteiger partial charge in [0.15, 0.2) is 0 Å². The van der Waals surface area contributed by atoms with E-state index in [-0.39, 0.29) is 0 Å². The van der Waals surface area contributed by atoms with E-state index in [1.54, 1.807) is 7.11 Å². The van der Waals surface area contributed by atoms with E-state index in [0.717, 1.165) is 37.2 Å². The summed E-state index contributed by atoms with van der Waals surface area (Å²) in [6.07, 6.45) is 2.76. The molecule has 18 heavy (non-hydrogen) atoms. The SMILES string of the molecule is COc1ccc(C[C@H](C(=O)O)N2CCCC2)cc1. The third-order valence-electron chi connectivity index (χ3n) is 3.45. The summed E-state index contributed by atoms with van der Waals surface area (Å²) in [6, 6.07) is 7.22. The van der Waals surface area contributed by atoms with E-state index in [4.69, 9.17) is 4.74 Å². The van der Waals surface area contributed by atoms with Gasteiger partial charge in [-0.1, -0.05) is 12.1 Å². The Kier molecular flexibility index (Phi) is 4.20. The molecule has 0 aliphatic carbocycles. The van der Waals surface area contributed by atoms with Gasteiger partial charge in [0.25, 0.3) is 0 Å². The lowest BCUT2D eigenvalue weighted by molar-refractivity contribution is -0.142. The standard InChI is InChI=1S/C14H19NO3/c1-18-12-6-4-11(5-7-12)10-13(14(16)17)15-8-2-3-9-15/h4-7,13H,2-3,8-10H2,1H3,(H,16,17)/t13-/m1/s1. The smallest absolute Gasteiger partial charge is 0.321 e. The Morgan fingerprint density at radius 1 is 1.33 bits per heavy atom. The highest BCUT2D eigenvalue weighted by atomic mass is 16.5. The maximum atomic E-state index is 11.3. The highest BCUT2D eigenvalue weighted by Crippen LogP contribution is 2.18. The fraction of sp³-hybridized carbons (Fsp3) is 0.500. The van der Waals surface area contributed by atoms with E-state index in [1.807, 2.05) is 24.3 Å². The molecule has 2 rings (SSSR count). The van der Waals surface area contributed by atoms with Gasteiger partial charge in [0.05, 0.1) is 7.11 Å². The minimum absolute atomic E-state index is 0.402. The minimum Gasteiger partial charge on any atom is -0.497 e. The number of carboxylic acids is 1. The van der Waals surface area contributed by atoms with Crippen LogP contribution in [0, 0.1) is 0 Å². The number of carbonyl (C=O) groups is 1. The van der Waals surface area contributed by atoms with Gasteiger partial charge in [-0.2, -0.15) is 0 Å². The zero-order valence-electron chi connectivity index (χ0n) is 10.6. The Hall–Kier alpha value is -1.55. The maximum absolute atomic E-state index is 11.3. The first-order valence-corrected chi connectivity index (χ1v) is 6.30. The van der Waals surface area contributed by atoms with Crippen molar-refractivity contribution in [3.63, 3.8) is 0 Å². The third kappa shape index (κ3) is 3.01. The molecule has 1 aromatic carbocycles. The Labute approximate surface area is 107 Å². The molecule has 1 aromatic rings. The van der Waals surface area contributed by atoms with Gasteiger partial charge in [0.1, 0.15) is 11.8 Å². The fourth-order valence-electron chi connectivity index (χ4n) is 2.41. The number of likely N-dealkylation sites (tertiary alicyclic amines) is 1. The first-order valence-electron chi connectivity index (χ1n) is 6.30. The molecule has 4 nitrogen and oxygen atoms in total. The quantitative estimate of drug-likeness (QED) is 0.864. The number of hydrogen-bond acceptors (Lipinski definition) is 3. The van der Waals surface area contributed by atoms with Gasteiger partial charge in [-0.25, -0.2) is 0 Å². The van der Waals surface area contributed by atoms with Crippen molar-refractivity contribution < 1.29 is 14.6 Å². The monoisotopic (exact) mass is 249 g/mol. The molecule has 0 radical (unpaired) electrons. The lowest BCUT2D eigenvalue weighted by Crippen LogP contribution is -2.40. The van der Waals surface area contributed by atoms with Gasteiger partial charge in [-0.3, -0.25) is 9.69 Å². The van der Waals surface area contributed by atoms with Gasteiger partial charge in [0.2, 0.25) is 0 Å². The van der Waals surface area contributed by atoms with Crippen LogP contribution in [0.1, 0.15) is 18.4 Å². The molecule has 1 saturated heterocycles. The molecule has 0 saturated carbocycles. The summed E-state index contributed by atoms with van der Waals surface area (Å²) in [4.78, 5) is 13.4. The molecule has 0 aromatic heterocycles. The first-order chi connectivity index (χ1) is 8.70. The normalized spacial score (nSPS) is 17.6. The number of methoxy groups -OCH3 is 1. The van der Waals surface area contributed by atoms with Crippen LogP contribution in [0.4, 0.5) is 0 Å². The van der Waals surface area contributed by atoms with Crippen molar-refractivity contribution in [2.24, 2.45) is 0 Å². The van der Waals surface area contributed by atoms with E-state index in [2.05, 4.69) is 4.90 Å². The molecule has 0 amide bonds. The van der Waals surface area contributed by atoms with Crippen LogP contribution in [0.2, 0.25) is 0 Å². The molecule has 0 unspecified atom stereocenters. The van der Waals surface area contributed by atoms with Crippen LogP contribution in [0.3, 0.4) is 0 Å². The summed E-state index contributed by atoms with van der Waals surface area (Å²) < 4.78 is 5.09. The summed E-state index contributed by atoms with van der Waals surface area (Å²) in [5.41, 5.74) is 1.04. The predicted octanol–water partition coefficient (Wildman–Crippen LogP) is 1.79. The number of aliphatic carboxylic acids is 1. The zero-order chi connectivity index (χ0) is 13.0. The van der Waals surface area contributed by atoms with Crippen LogP contribution in [0.25, 0.3) is 0 Å². The van der Waals surface area contributed by atoms with Crippen LogP contribution in [0.5, 0.6) is 5.75 Å². The Bertz CT molecular complexity index is 396. The van der Waals surface area contributed by atoms with Crippen LogP contribution < -0.4 is 4.74 Å². The van der Waals surface area contributed by atoms with Gasteiger partial charge >= 0.3 is 5.97 Å². The molecule has 1 heterocycles. The van der Waals surface area contributed by atoms with Crippen molar-refractivity contribution in [1.82, 2.24) is 4.90 Å². The highest BCUT2D eigenvalue weighted by molar-refractivity contribution is 5.74. The highest BCUT2D eigenvalue weighted by Gasteiger charge is 2.27. The molecule has 98 valence electrons. The number of hydrogen-bond donors (Lipinski definition) is 1. The van der Waals surface area contributed by atoms with Gasteiger partial charge < -0.3 is 9.84 Å². The van der Waals surface area contributed by atoms with Crippen molar-refractivity contribution in [3.8, 4) is 5.75 Å². The van der Waals surface area contributed by atoms with Crippen molar-refractivity contribution in [1.29, 1.82) is 0 Å². The van der Waals surface area contributed by atoms with E-state index >= 15 is 0 Å². The largest absolute Gasteiger partial charge is 0.497 e. The van der Waals surface area contributed by atoms with Crippen LogP contribution in [-0.4, -0.2) is 42.2 Å². The van der Waals surface area contributed by atoms with Gasteiger partial charge in [-0.15, -0.1) is 0 Å². The molecule has 1 N–H and O–H groups in total. The number of benzene rings is 1. The molecule has 1 fully saturated rings. The minimum atomic E-state index is -0.729. The van der Waals surface area contributed by atoms with Crippen LogP contribution in [0.15, 0.2) is 24.3 Å². The van der Waals surface area contributed by atoms with Crippen LogP contribution in [-0.2, 0) is 11.2 Å². The molecule has 1 aliphatic heterocycles. The van der Waals surface area contributed by atoms with Crippen molar-refractivity contribution in [3.05, 3.63) is 29.8 Å². The van der Waals surface area contributed by atoms with E-state index in [9.17, 15) is 9.90 Å². The van der Waals surface area contributed by atoms with Crippen molar-refractivity contribution in [2.75, 3.05) is 20.2 Å². The average Bonchev–Trinajstić information content (AvgIpc) is 2.90. The third-order valence-corrected chi connectivity index (χ3v) is 3.45. The fourth-order valence-corrected chi connectivity index (χ4v) is 2.41. The molecule has 0 bridgehead atoms. The number of rotatable bonds is 5. The molecule has 1 atom stereocenters. The Morgan fingerprint density at radius 3 is 2.44 bits per heavy atom. The Balaban J connectivity index is 2.05. The van der Waals surface area contributed by atoms with E-state index in [1.165, 1.54) is 0 Å². The van der Waals surface area contributed by atoms with Crippen molar-refractivity contribution in [2.45, 2.75) is 25.3 Å². The van der Waals surface area contributed by atoms with Gasteiger partial charge in [0, 0.05) is 0 Å². The molecular formula is C14H19NO3. The lowest BCUT2D eigenvalue weighted by Gasteiger charge is -2.23. The van der Waals surface area contributed by atoms with E-state index < -0.39 is 12.0 Å². The second-order valence-corrected chi connectivity index (χ2v) is 4.65. The summed E-state index contributed by atoms with van der Waals surface area (Å²) in [5.74, 6) is 0.0690. The number of carboxylic acid groups (broad SMARTS) is 1. The number of nitrogens with zero attached hydrogens (tertiary/aromatic N) is 1. The second kappa shape index (κ2) is 5.87. The van der Waals surface area contributed by atoms with Crippen molar-refractivity contribution >= 4 is 5.97 Å². The molecule has 4 heteroatoms. The zero-order valence-corrected chi connectivity index (χ0v) is 10.6. The second-order valence-electron chi connectivity index (χ2n) is 4.65.